The van der Waals surface area contributed by atoms with E-state index in [1.165, 1.54) is 6.42 Å². The lowest BCUT2D eigenvalue weighted by atomic mass is 9.74. The van der Waals surface area contributed by atoms with Gasteiger partial charge in [0.1, 0.15) is 6.42 Å². The molecular weight excluding hydrogens is 752 g/mol. The van der Waals surface area contributed by atoms with E-state index in [4.69, 9.17) is 35.3 Å². The number of esters is 1. The van der Waals surface area contributed by atoms with E-state index in [0.29, 0.717) is 30.4 Å². The summed E-state index contributed by atoms with van der Waals surface area (Å²) < 4.78 is 30.9. The Labute approximate surface area is 346 Å². The van der Waals surface area contributed by atoms with Gasteiger partial charge in [-0.3, -0.25) is 4.79 Å². The lowest BCUT2D eigenvalue weighted by Crippen LogP contribution is -2.60. The zero-order chi connectivity index (χ0) is 40.5. The summed E-state index contributed by atoms with van der Waals surface area (Å²) in [6, 6.07) is 47.6. The zero-order valence-corrected chi connectivity index (χ0v) is 33.7. The molecule has 3 fully saturated rings. The fourth-order valence-electron chi connectivity index (χ4n) is 8.64. The van der Waals surface area contributed by atoms with Gasteiger partial charge in [0.2, 0.25) is 5.79 Å². The topological polar surface area (TPSA) is 101 Å². The highest BCUT2D eigenvalue weighted by Gasteiger charge is 2.56. The summed E-state index contributed by atoms with van der Waals surface area (Å²) in [5.41, 5.74) is 4.04. The van der Waals surface area contributed by atoms with Crippen LogP contribution in [0.4, 0.5) is 0 Å². The summed E-state index contributed by atoms with van der Waals surface area (Å²) in [6.45, 7) is 3.50. The first-order chi connectivity index (χ1) is 28.3. The number of carbonyl (C=O) groups excluding carboxylic acids is 1. The van der Waals surface area contributed by atoms with Crippen molar-refractivity contribution in [2.24, 2.45) is 5.92 Å². The molecule has 1 aliphatic carbocycles. The fraction of sp³-hybridized carbons (Fsp3) is 0.347. The van der Waals surface area contributed by atoms with E-state index in [9.17, 15) is 14.7 Å². The molecule has 2 aliphatic heterocycles. The molecule has 2 saturated heterocycles. The maximum atomic E-state index is 13.0. The Kier molecular flexibility index (Phi) is 13.1. The SMILES string of the molecule is CCOC(=O)C1(C2CCCCC2)OCC(c2ccccc2)(c2ccccc2)CO1.O=C(O)CC1(c2ccc(Cl)cc2)OCC(c2ccccc2)(c2ccccc2)CO1. The van der Waals surface area contributed by atoms with E-state index < -0.39 is 28.4 Å². The Morgan fingerprint density at radius 1 is 0.586 bits per heavy atom. The second-order valence-corrected chi connectivity index (χ2v) is 15.8. The van der Waals surface area contributed by atoms with Gasteiger partial charge in [0.25, 0.3) is 5.79 Å². The van der Waals surface area contributed by atoms with Crippen molar-refractivity contribution in [1.29, 1.82) is 0 Å². The van der Waals surface area contributed by atoms with Crippen molar-refractivity contribution in [3.8, 4) is 0 Å². The average molecular weight is 803 g/mol. The molecule has 3 aliphatic rings. The van der Waals surface area contributed by atoms with Crippen molar-refractivity contribution in [2.75, 3.05) is 33.0 Å². The molecule has 0 atom stereocenters. The van der Waals surface area contributed by atoms with Gasteiger partial charge in [-0.25, -0.2) is 4.79 Å². The van der Waals surface area contributed by atoms with Gasteiger partial charge in [-0.05, 0) is 54.2 Å². The number of rotatable bonds is 10. The molecule has 9 heteroatoms. The van der Waals surface area contributed by atoms with Gasteiger partial charge in [0, 0.05) is 16.5 Å². The van der Waals surface area contributed by atoms with Crippen molar-refractivity contribution < 1.29 is 38.4 Å². The third-order valence-electron chi connectivity index (χ3n) is 11.8. The summed E-state index contributed by atoms with van der Waals surface area (Å²) >= 11 is 6.01. The third-order valence-corrected chi connectivity index (χ3v) is 12.1. The molecule has 0 unspecified atom stereocenters. The predicted molar refractivity (Wildman–Crippen MR) is 222 cm³/mol. The number of aliphatic carboxylic acids is 1. The molecule has 5 aromatic carbocycles. The molecule has 0 radical (unpaired) electrons. The van der Waals surface area contributed by atoms with Crippen LogP contribution in [0.25, 0.3) is 0 Å². The van der Waals surface area contributed by atoms with Crippen LogP contribution in [0.5, 0.6) is 0 Å². The Morgan fingerprint density at radius 2 is 0.983 bits per heavy atom. The van der Waals surface area contributed by atoms with Crippen LogP contribution >= 0.6 is 11.6 Å². The first kappa shape index (κ1) is 41.3. The molecule has 0 bridgehead atoms. The molecule has 8 nitrogen and oxygen atoms in total. The number of hydrogen-bond acceptors (Lipinski definition) is 7. The third kappa shape index (κ3) is 8.49. The Morgan fingerprint density at radius 3 is 1.36 bits per heavy atom. The molecular formula is C49H51ClO8. The minimum Gasteiger partial charge on any atom is -0.481 e. The highest BCUT2D eigenvalue weighted by Crippen LogP contribution is 2.46. The Hall–Kier alpha value is -4.83. The minimum atomic E-state index is -1.36. The number of halogens is 1. The van der Waals surface area contributed by atoms with Gasteiger partial charge < -0.3 is 28.8 Å². The maximum Gasteiger partial charge on any atom is 0.367 e. The van der Waals surface area contributed by atoms with Crippen molar-refractivity contribution in [1.82, 2.24) is 0 Å². The first-order valence-corrected chi connectivity index (χ1v) is 20.6. The molecule has 0 amide bonds. The molecule has 5 aromatic rings. The molecule has 1 N–H and O–H groups in total. The van der Waals surface area contributed by atoms with Crippen LogP contribution in [0.15, 0.2) is 146 Å². The van der Waals surface area contributed by atoms with E-state index in [-0.39, 0.29) is 31.5 Å². The van der Waals surface area contributed by atoms with Crippen LogP contribution < -0.4 is 0 Å². The molecule has 2 heterocycles. The summed E-state index contributed by atoms with van der Waals surface area (Å²) in [5.74, 6) is -3.97. The van der Waals surface area contributed by atoms with E-state index >= 15 is 0 Å². The highest BCUT2D eigenvalue weighted by atomic mass is 35.5. The van der Waals surface area contributed by atoms with Crippen LogP contribution in [0.3, 0.4) is 0 Å². The van der Waals surface area contributed by atoms with Gasteiger partial charge in [-0.1, -0.05) is 164 Å². The molecule has 58 heavy (non-hydrogen) atoms. The van der Waals surface area contributed by atoms with Crippen molar-refractivity contribution in [2.45, 2.75) is 67.9 Å². The van der Waals surface area contributed by atoms with Crippen LogP contribution in [-0.4, -0.2) is 55.9 Å². The van der Waals surface area contributed by atoms with Crippen molar-refractivity contribution in [3.63, 3.8) is 0 Å². The predicted octanol–water partition coefficient (Wildman–Crippen LogP) is 9.86. The standard InChI is InChI=1S/C25H30O4.C24H21ClO4/c1-2-27-23(26)25(22-16-10-5-11-17-22)28-18-24(19-29-25,20-12-6-3-7-13-20)21-14-8-4-9-15-21;25-21-13-11-20(12-14-21)24(15-22(26)27)28-16-23(17-29-24,18-7-3-1-4-8-18)19-9-5-2-6-10-19/h3-4,6-9,12-15,22H,2,5,10-11,16-19H2,1H3;1-14H,15-17H2,(H,26,27). The minimum absolute atomic E-state index is 0.0415. The number of carbonyl (C=O) groups is 2. The van der Waals surface area contributed by atoms with Gasteiger partial charge in [-0.15, -0.1) is 0 Å². The van der Waals surface area contributed by atoms with Crippen LogP contribution in [0.2, 0.25) is 5.02 Å². The Balaban J connectivity index is 0.000000177. The number of carboxylic acids is 1. The van der Waals surface area contributed by atoms with Crippen molar-refractivity contribution >= 4 is 23.5 Å². The average Bonchev–Trinajstić information content (AvgIpc) is 3.28. The fourth-order valence-corrected chi connectivity index (χ4v) is 8.77. The van der Waals surface area contributed by atoms with Gasteiger partial charge in [0.15, 0.2) is 0 Å². The molecule has 0 spiro atoms. The van der Waals surface area contributed by atoms with Crippen molar-refractivity contribution in [3.05, 3.63) is 178 Å². The molecule has 8 rings (SSSR count). The number of hydrogen-bond donors (Lipinski definition) is 1. The number of ether oxygens (including phenoxy) is 5. The van der Waals surface area contributed by atoms with E-state index in [1.807, 2.05) is 104 Å². The van der Waals surface area contributed by atoms with Crippen LogP contribution in [0.1, 0.15) is 73.3 Å². The smallest absolute Gasteiger partial charge is 0.367 e. The Bertz CT molecular complexity index is 1970. The van der Waals surface area contributed by atoms with Gasteiger partial charge in [0.05, 0.1) is 43.9 Å². The molecule has 302 valence electrons. The molecule has 0 aromatic heterocycles. The normalized spacial score (nSPS) is 19.5. The van der Waals surface area contributed by atoms with Crippen LogP contribution in [-0.2, 0) is 49.9 Å². The second kappa shape index (κ2) is 18.4. The number of benzene rings is 5. The zero-order valence-electron chi connectivity index (χ0n) is 32.9. The monoisotopic (exact) mass is 802 g/mol. The summed E-state index contributed by atoms with van der Waals surface area (Å²) in [5, 5.41) is 10.1. The van der Waals surface area contributed by atoms with E-state index in [1.54, 1.807) is 24.3 Å². The number of carboxylic acid groups (broad SMARTS) is 1. The second-order valence-electron chi connectivity index (χ2n) is 15.3. The summed E-state index contributed by atoms with van der Waals surface area (Å²) in [6.07, 6.45) is 4.97. The summed E-state index contributed by atoms with van der Waals surface area (Å²) in [7, 11) is 0. The van der Waals surface area contributed by atoms with Crippen LogP contribution in [0, 0.1) is 5.92 Å². The van der Waals surface area contributed by atoms with E-state index in [2.05, 4.69) is 24.3 Å². The summed E-state index contributed by atoms with van der Waals surface area (Å²) in [4.78, 5) is 24.7. The first-order valence-electron chi connectivity index (χ1n) is 20.2. The maximum absolute atomic E-state index is 13.0. The lowest BCUT2D eigenvalue weighted by molar-refractivity contribution is -0.306. The molecule has 1 saturated carbocycles. The highest BCUT2D eigenvalue weighted by molar-refractivity contribution is 6.30. The lowest BCUT2D eigenvalue weighted by Gasteiger charge is -2.48. The van der Waals surface area contributed by atoms with E-state index in [0.717, 1.165) is 47.9 Å². The van der Waals surface area contributed by atoms with Gasteiger partial charge >= 0.3 is 11.9 Å². The largest absolute Gasteiger partial charge is 0.481 e. The quantitative estimate of drug-likeness (QED) is 0.139. The van der Waals surface area contributed by atoms with Gasteiger partial charge in [-0.2, -0.15) is 0 Å².